The minimum Gasteiger partial charge on any atom is -0.377 e. The van der Waals surface area contributed by atoms with E-state index in [1.165, 1.54) is 19.3 Å². The van der Waals surface area contributed by atoms with Crippen molar-refractivity contribution in [3.8, 4) is 0 Å². The predicted octanol–water partition coefficient (Wildman–Crippen LogP) is 2.19. The first-order valence-corrected chi connectivity index (χ1v) is 5.64. The second kappa shape index (κ2) is 5.61. The van der Waals surface area contributed by atoms with Crippen LogP contribution in [-0.2, 0) is 4.74 Å². The van der Waals surface area contributed by atoms with Gasteiger partial charge in [0, 0.05) is 12.6 Å². The third-order valence-electron chi connectivity index (χ3n) is 2.65. The lowest BCUT2D eigenvalue weighted by Crippen LogP contribution is -2.40. The average molecular weight is 185 g/mol. The Morgan fingerprint density at radius 3 is 2.54 bits per heavy atom. The molecule has 2 heteroatoms. The van der Waals surface area contributed by atoms with Gasteiger partial charge in [-0.05, 0) is 45.6 Å². The van der Waals surface area contributed by atoms with Crippen LogP contribution in [0.3, 0.4) is 0 Å². The third-order valence-corrected chi connectivity index (χ3v) is 2.65. The fraction of sp³-hybridized carbons (Fsp3) is 1.00. The van der Waals surface area contributed by atoms with Gasteiger partial charge >= 0.3 is 0 Å². The second-order valence-electron chi connectivity index (χ2n) is 4.00. The van der Waals surface area contributed by atoms with Gasteiger partial charge in [0.15, 0.2) is 0 Å². The van der Waals surface area contributed by atoms with E-state index >= 15 is 0 Å². The van der Waals surface area contributed by atoms with Crippen molar-refractivity contribution in [1.29, 1.82) is 0 Å². The van der Waals surface area contributed by atoms with Crippen LogP contribution in [0.5, 0.6) is 0 Å². The van der Waals surface area contributed by atoms with Gasteiger partial charge < -0.3 is 10.1 Å². The van der Waals surface area contributed by atoms with Crippen molar-refractivity contribution in [3.05, 3.63) is 0 Å². The van der Waals surface area contributed by atoms with E-state index in [-0.39, 0.29) is 0 Å². The molecular weight excluding hydrogens is 162 g/mol. The molecular formula is C11H23NO. The standard InChI is InChI=1S/C11H23NO/c1-4-8-12-9(3)11(13-5-2)10-6-7-10/h9-12H,4-8H2,1-3H3. The Balaban J connectivity index is 2.25. The van der Waals surface area contributed by atoms with E-state index in [0.29, 0.717) is 12.1 Å². The summed E-state index contributed by atoms with van der Waals surface area (Å²) in [7, 11) is 0. The number of nitrogens with one attached hydrogen (secondary N) is 1. The molecule has 78 valence electrons. The summed E-state index contributed by atoms with van der Waals surface area (Å²) in [6.45, 7) is 8.49. The normalized spacial score (nSPS) is 21.5. The molecule has 0 amide bonds. The quantitative estimate of drug-likeness (QED) is 0.656. The average Bonchev–Trinajstić information content (AvgIpc) is 2.93. The van der Waals surface area contributed by atoms with Gasteiger partial charge in [-0.2, -0.15) is 0 Å². The number of ether oxygens (including phenoxy) is 1. The zero-order chi connectivity index (χ0) is 9.68. The maximum atomic E-state index is 5.76. The van der Waals surface area contributed by atoms with Gasteiger partial charge in [0.2, 0.25) is 0 Å². The lowest BCUT2D eigenvalue weighted by atomic mass is 10.1. The zero-order valence-corrected chi connectivity index (χ0v) is 9.18. The van der Waals surface area contributed by atoms with Crippen molar-refractivity contribution in [2.24, 2.45) is 5.92 Å². The monoisotopic (exact) mass is 185 g/mol. The van der Waals surface area contributed by atoms with Crippen LogP contribution in [0.1, 0.15) is 40.0 Å². The van der Waals surface area contributed by atoms with Gasteiger partial charge in [-0.3, -0.25) is 0 Å². The summed E-state index contributed by atoms with van der Waals surface area (Å²) in [5.41, 5.74) is 0. The third kappa shape index (κ3) is 3.65. The molecule has 0 saturated heterocycles. The Bertz CT molecular complexity index is 134. The molecule has 2 atom stereocenters. The summed E-state index contributed by atoms with van der Waals surface area (Å²) in [4.78, 5) is 0. The van der Waals surface area contributed by atoms with Crippen molar-refractivity contribution in [3.63, 3.8) is 0 Å². The number of hydrogen-bond donors (Lipinski definition) is 1. The molecule has 0 aliphatic heterocycles. The minimum atomic E-state index is 0.455. The maximum Gasteiger partial charge on any atom is 0.0753 e. The summed E-state index contributed by atoms with van der Waals surface area (Å²) in [5, 5.41) is 3.51. The highest BCUT2D eigenvalue weighted by Crippen LogP contribution is 2.35. The van der Waals surface area contributed by atoms with E-state index in [1.807, 2.05) is 0 Å². The van der Waals surface area contributed by atoms with Crippen LogP contribution in [0.25, 0.3) is 0 Å². The molecule has 13 heavy (non-hydrogen) atoms. The van der Waals surface area contributed by atoms with Crippen LogP contribution in [-0.4, -0.2) is 25.3 Å². The van der Waals surface area contributed by atoms with Crippen molar-refractivity contribution in [2.75, 3.05) is 13.2 Å². The highest BCUT2D eigenvalue weighted by Gasteiger charge is 2.34. The van der Waals surface area contributed by atoms with E-state index in [1.54, 1.807) is 0 Å². The van der Waals surface area contributed by atoms with Gasteiger partial charge in [-0.25, -0.2) is 0 Å². The smallest absolute Gasteiger partial charge is 0.0753 e. The highest BCUT2D eigenvalue weighted by molar-refractivity contribution is 4.88. The van der Waals surface area contributed by atoms with Crippen molar-refractivity contribution < 1.29 is 4.74 Å². The highest BCUT2D eigenvalue weighted by atomic mass is 16.5. The molecule has 1 N–H and O–H groups in total. The topological polar surface area (TPSA) is 21.3 Å². The summed E-state index contributed by atoms with van der Waals surface area (Å²) in [6.07, 6.45) is 4.39. The van der Waals surface area contributed by atoms with Gasteiger partial charge in [0.1, 0.15) is 0 Å². The van der Waals surface area contributed by atoms with Gasteiger partial charge in [-0.1, -0.05) is 6.92 Å². The molecule has 2 nitrogen and oxygen atoms in total. The van der Waals surface area contributed by atoms with Crippen LogP contribution in [0.2, 0.25) is 0 Å². The zero-order valence-electron chi connectivity index (χ0n) is 9.18. The van der Waals surface area contributed by atoms with Crippen molar-refractivity contribution >= 4 is 0 Å². The molecule has 2 unspecified atom stereocenters. The largest absolute Gasteiger partial charge is 0.377 e. The van der Waals surface area contributed by atoms with Crippen molar-refractivity contribution in [1.82, 2.24) is 5.32 Å². The van der Waals surface area contributed by atoms with E-state index in [0.717, 1.165) is 19.1 Å². The summed E-state index contributed by atoms with van der Waals surface area (Å²) in [5.74, 6) is 0.833. The van der Waals surface area contributed by atoms with Crippen molar-refractivity contribution in [2.45, 2.75) is 52.2 Å². The first-order valence-electron chi connectivity index (χ1n) is 5.64. The maximum absolute atomic E-state index is 5.76. The minimum absolute atomic E-state index is 0.455. The summed E-state index contributed by atoms with van der Waals surface area (Å²) >= 11 is 0. The van der Waals surface area contributed by atoms with E-state index in [4.69, 9.17) is 4.74 Å². The fourth-order valence-electron chi connectivity index (χ4n) is 1.79. The molecule has 0 radical (unpaired) electrons. The molecule has 0 bridgehead atoms. The molecule has 1 aliphatic carbocycles. The Labute approximate surface area is 82.0 Å². The molecule has 0 heterocycles. The van der Waals surface area contributed by atoms with Crippen LogP contribution in [0.4, 0.5) is 0 Å². The predicted molar refractivity (Wildman–Crippen MR) is 55.9 cm³/mol. The molecule has 1 rings (SSSR count). The van der Waals surface area contributed by atoms with Crippen LogP contribution < -0.4 is 5.32 Å². The number of rotatable bonds is 7. The number of hydrogen-bond acceptors (Lipinski definition) is 2. The lowest BCUT2D eigenvalue weighted by molar-refractivity contribution is 0.0238. The lowest BCUT2D eigenvalue weighted by Gasteiger charge is -2.24. The second-order valence-corrected chi connectivity index (χ2v) is 4.00. The van der Waals surface area contributed by atoms with Crippen LogP contribution in [0, 0.1) is 5.92 Å². The molecule has 0 aromatic rings. The molecule has 0 aromatic carbocycles. The molecule has 0 aromatic heterocycles. The Hall–Kier alpha value is -0.0800. The van der Waals surface area contributed by atoms with Crippen LogP contribution in [0.15, 0.2) is 0 Å². The van der Waals surface area contributed by atoms with Gasteiger partial charge in [0.05, 0.1) is 6.10 Å². The molecule has 1 fully saturated rings. The molecule has 1 saturated carbocycles. The summed E-state index contributed by atoms with van der Waals surface area (Å²) < 4.78 is 5.76. The SMILES string of the molecule is CCCNC(C)C(OCC)C1CC1. The van der Waals surface area contributed by atoms with E-state index in [2.05, 4.69) is 26.1 Å². The van der Waals surface area contributed by atoms with Crippen LogP contribution >= 0.6 is 0 Å². The fourth-order valence-corrected chi connectivity index (χ4v) is 1.79. The molecule has 0 spiro atoms. The first-order chi connectivity index (χ1) is 6.29. The summed E-state index contributed by atoms with van der Waals surface area (Å²) in [6, 6.07) is 0.521. The Morgan fingerprint density at radius 2 is 2.08 bits per heavy atom. The van der Waals surface area contributed by atoms with E-state index in [9.17, 15) is 0 Å². The first kappa shape index (κ1) is 11.0. The Kier molecular flexibility index (Phi) is 4.74. The Morgan fingerprint density at radius 1 is 1.38 bits per heavy atom. The van der Waals surface area contributed by atoms with E-state index < -0.39 is 0 Å². The van der Waals surface area contributed by atoms with Gasteiger partial charge in [0.25, 0.3) is 0 Å². The molecule has 1 aliphatic rings. The van der Waals surface area contributed by atoms with Gasteiger partial charge in [-0.15, -0.1) is 0 Å².